The van der Waals surface area contributed by atoms with Crippen LogP contribution in [0.5, 0.6) is 0 Å². The molecule has 0 aliphatic rings. The molecular weight excluding hydrogens is 257 g/mol. The van der Waals surface area contributed by atoms with E-state index in [0.717, 1.165) is 17.0 Å². The molecule has 4 heteroatoms. The Kier molecular flexibility index (Phi) is 3.14. The fourth-order valence-corrected chi connectivity index (χ4v) is 2.47. The van der Waals surface area contributed by atoms with Gasteiger partial charge in [0.1, 0.15) is 11.6 Å². The summed E-state index contributed by atoms with van der Waals surface area (Å²) in [5.74, 6) is 0.439. The molecule has 2 heterocycles. The normalized spacial score (nSPS) is 11.1. The molecular formula is C16H14FNO2. The molecule has 0 amide bonds. The van der Waals surface area contributed by atoms with Gasteiger partial charge in [0.05, 0.1) is 6.26 Å². The summed E-state index contributed by atoms with van der Waals surface area (Å²) in [6.45, 7) is 1.83. The second kappa shape index (κ2) is 4.96. The average molecular weight is 271 g/mol. The van der Waals surface area contributed by atoms with E-state index in [2.05, 4.69) is 4.98 Å². The summed E-state index contributed by atoms with van der Waals surface area (Å²) in [6.07, 6.45) is 2.48. The summed E-state index contributed by atoms with van der Waals surface area (Å²) in [5, 5.41) is 0.645. The number of aryl methyl sites for hydroxylation is 2. The number of hydrogen-bond donors (Lipinski definition) is 1. The van der Waals surface area contributed by atoms with Crippen molar-refractivity contribution in [2.75, 3.05) is 0 Å². The molecule has 2 aromatic heterocycles. The third-order valence-electron chi connectivity index (χ3n) is 3.41. The number of aromatic nitrogens is 1. The van der Waals surface area contributed by atoms with Crippen molar-refractivity contribution in [2.24, 2.45) is 0 Å². The fourth-order valence-electron chi connectivity index (χ4n) is 2.47. The lowest BCUT2D eigenvalue weighted by Gasteiger charge is -2.00. The van der Waals surface area contributed by atoms with Crippen LogP contribution in [0.25, 0.3) is 10.9 Å². The number of halogens is 1. The second-order valence-corrected chi connectivity index (χ2v) is 4.82. The quantitative estimate of drug-likeness (QED) is 0.728. The topological polar surface area (TPSA) is 46.0 Å². The molecule has 3 aromatic rings. The maximum atomic E-state index is 13.4. The number of nitrogens with one attached hydrogen (secondary N) is 1. The number of H-pyrrole nitrogens is 1. The molecule has 0 aliphatic carbocycles. The van der Waals surface area contributed by atoms with Gasteiger partial charge in [-0.25, -0.2) is 4.39 Å². The van der Waals surface area contributed by atoms with Crippen molar-refractivity contribution in [3.8, 4) is 0 Å². The molecule has 3 nitrogen and oxygen atoms in total. The van der Waals surface area contributed by atoms with Gasteiger partial charge in [0.2, 0.25) is 0 Å². The van der Waals surface area contributed by atoms with Crippen LogP contribution in [-0.4, -0.2) is 10.8 Å². The Bertz CT molecular complexity index is 756. The first-order valence-corrected chi connectivity index (χ1v) is 6.48. The third-order valence-corrected chi connectivity index (χ3v) is 3.41. The number of fused-ring (bicyclic) bond motifs is 1. The Hall–Kier alpha value is -2.36. The minimum absolute atomic E-state index is 0.00394. The van der Waals surface area contributed by atoms with E-state index in [1.54, 1.807) is 18.4 Å². The Balaban J connectivity index is 1.90. The summed E-state index contributed by atoms with van der Waals surface area (Å²) < 4.78 is 18.6. The van der Waals surface area contributed by atoms with Crippen LogP contribution in [0.3, 0.4) is 0 Å². The molecule has 0 atom stereocenters. The molecule has 0 unspecified atom stereocenters. The standard InChI is InChI=1S/C16H14FNO2/c1-10-16(13-9-11(17)4-6-14(13)18-10)15(19)7-5-12-3-2-8-20-12/h2-4,6,8-9,18H,5,7H2,1H3. The number of hydrogen-bond acceptors (Lipinski definition) is 2. The largest absolute Gasteiger partial charge is 0.469 e. The lowest BCUT2D eigenvalue weighted by Crippen LogP contribution is -2.02. The van der Waals surface area contributed by atoms with E-state index in [4.69, 9.17) is 4.42 Å². The summed E-state index contributed by atoms with van der Waals surface area (Å²) >= 11 is 0. The van der Waals surface area contributed by atoms with Crippen LogP contribution in [0.1, 0.15) is 28.2 Å². The van der Waals surface area contributed by atoms with Crippen LogP contribution in [0, 0.1) is 12.7 Å². The number of benzene rings is 1. The van der Waals surface area contributed by atoms with E-state index in [1.807, 2.05) is 13.0 Å². The van der Waals surface area contributed by atoms with Crippen molar-refractivity contribution >= 4 is 16.7 Å². The van der Waals surface area contributed by atoms with Gasteiger partial charge in [-0.15, -0.1) is 0 Å². The van der Waals surface area contributed by atoms with Crippen LogP contribution in [-0.2, 0) is 6.42 Å². The Morgan fingerprint density at radius 3 is 2.95 bits per heavy atom. The Morgan fingerprint density at radius 1 is 1.35 bits per heavy atom. The van der Waals surface area contributed by atoms with E-state index in [-0.39, 0.29) is 11.6 Å². The highest BCUT2D eigenvalue weighted by Gasteiger charge is 2.16. The van der Waals surface area contributed by atoms with Gasteiger partial charge < -0.3 is 9.40 Å². The molecule has 0 radical (unpaired) electrons. The average Bonchev–Trinajstić information content (AvgIpc) is 3.02. The molecule has 20 heavy (non-hydrogen) atoms. The van der Waals surface area contributed by atoms with Crippen LogP contribution in [0.4, 0.5) is 4.39 Å². The minimum atomic E-state index is -0.336. The monoisotopic (exact) mass is 271 g/mol. The molecule has 0 saturated carbocycles. The first-order valence-electron chi connectivity index (χ1n) is 6.48. The van der Waals surface area contributed by atoms with Gasteiger partial charge in [-0.2, -0.15) is 0 Å². The van der Waals surface area contributed by atoms with Gasteiger partial charge in [0.15, 0.2) is 5.78 Å². The smallest absolute Gasteiger partial charge is 0.165 e. The first kappa shape index (κ1) is 12.7. The number of furan rings is 1. The predicted octanol–water partition coefficient (Wildman–Crippen LogP) is 4.02. The van der Waals surface area contributed by atoms with Crippen molar-refractivity contribution in [1.29, 1.82) is 0 Å². The van der Waals surface area contributed by atoms with Gasteiger partial charge >= 0.3 is 0 Å². The number of carbonyl (C=O) groups excluding carboxylic acids is 1. The predicted molar refractivity (Wildman–Crippen MR) is 74.4 cm³/mol. The minimum Gasteiger partial charge on any atom is -0.469 e. The zero-order chi connectivity index (χ0) is 14.1. The highest BCUT2D eigenvalue weighted by atomic mass is 19.1. The fraction of sp³-hybridized carbons (Fsp3) is 0.188. The number of Topliss-reactive ketones (excluding diaryl/α,β-unsaturated/α-hetero) is 1. The van der Waals surface area contributed by atoms with Gasteiger partial charge in [0, 0.05) is 35.0 Å². The van der Waals surface area contributed by atoms with E-state index >= 15 is 0 Å². The summed E-state index contributed by atoms with van der Waals surface area (Å²) in [4.78, 5) is 15.5. The van der Waals surface area contributed by atoms with E-state index < -0.39 is 0 Å². The lowest BCUT2D eigenvalue weighted by atomic mass is 10.0. The summed E-state index contributed by atoms with van der Waals surface area (Å²) in [6, 6.07) is 8.08. The Morgan fingerprint density at radius 2 is 2.20 bits per heavy atom. The molecule has 0 bridgehead atoms. The van der Waals surface area contributed by atoms with E-state index in [1.165, 1.54) is 12.1 Å². The Labute approximate surface area is 115 Å². The maximum absolute atomic E-state index is 13.4. The van der Waals surface area contributed by atoms with Gasteiger partial charge in [0.25, 0.3) is 0 Å². The maximum Gasteiger partial charge on any atom is 0.165 e. The molecule has 0 fully saturated rings. The molecule has 1 aromatic carbocycles. The SMILES string of the molecule is Cc1[nH]c2ccc(F)cc2c1C(=O)CCc1ccco1. The van der Waals surface area contributed by atoms with E-state index in [0.29, 0.717) is 23.8 Å². The zero-order valence-corrected chi connectivity index (χ0v) is 11.1. The highest BCUT2D eigenvalue weighted by molar-refractivity contribution is 6.09. The van der Waals surface area contributed by atoms with Gasteiger partial charge in [-0.3, -0.25) is 4.79 Å². The van der Waals surface area contributed by atoms with Crippen LogP contribution >= 0.6 is 0 Å². The van der Waals surface area contributed by atoms with Crippen molar-refractivity contribution in [2.45, 2.75) is 19.8 Å². The van der Waals surface area contributed by atoms with Crippen LogP contribution < -0.4 is 0 Å². The molecule has 0 saturated heterocycles. The second-order valence-electron chi connectivity index (χ2n) is 4.82. The lowest BCUT2D eigenvalue weighted by molar-refractivity contribution is 0.0982. The van der Waals surface area contributed by atoms with Crippen LogP contribution in [0.2, 0.25) is 0 Å². The first-order chi connectivity index (χ1) is 9.65. The third kappa shape index (κ3) is 2.25. The number of rotatable bonds is 4. The summed E-state index contributed by atoms with van der Waals surface area (Å²) in [5.41, 5.74) is 2.13. The molecule has 0 aliphatic heterocycles. The van der Waals surface area contributed by atoms with Crippen LogP contribution in [0.15, 0.2) is 41.0 Å². The highest BCUT2D eigenvalue weighted by Crippen LogP contribution is 2.24. The number of carbonyl (C=O) groups is 1. The molecule has 0 spiro atoms. The van der Waals surface area contributed by atoms with Gasteiger partial charge in [-0.1, -0.05) is 0 Å². The number of aromatic amines is 1. The zero-order valence-electron chi connectivity index (χ0n) is 11.1. The van der Waals surface area contributed by atoms with E-state index in [9.17, 15) is 9.18 Å². The molecule has 1 N–H and O–H groups in total. The van der Waals surface area contributed by atoms with Crippen molar-refractivity contribution in [1.82, 2.24) is 4.98 Å². The van der Waals surface area contributed by atoms with Crippen molar-refractivity contribution in [3.63, 3.8) is 0 Å². The summed E-state index contributed by atoms with van der Waals surface area (Å²) in [7, 11) is 0. The molecule has 3 rings (SSSR count). The molecule has 102 valence electrons. The number of ketones is 1. The van der Waals surface area contributed by atoms with Crippen molar-refractivity contribution in [3.05, 3.63) is 59.4 Å². The van der Waals surface area contributed by atoms with Crippen molar-refractivity contribution < 1.29 is 13.6 Å². The van der Waals surface area contributed by atoms with Gasteiger partial charge in [-0.05, 0) is 37.3 Å².